The van der Waals surface area contributed by atoms with Gasteiger partial charge in [0.2, 0.25) is 0 Å². The van der Waals surface area contributed by atoms with Gasteiger partial charge in [0.25, 0.3) is 11.6 Å². The van der Waals surface area contributed by atoms with Crippen LogP contribution >= 0.6 is 0 Å². The normalized spacial score (nSPS) is 13.4. The average Bonchev–Trinajstić information content (AvgIpc) is 3.13. The first-order valence-corrected chi connectivity index (χ1v) is 7.36. The molecule has 0 fully saturated rings. The Morgan fingerprint density at radius 1 is 1.29 bits per heavy atom. The number of aromatic nitrogens is 6. The minimum Gasteiger partial charge on any atom is -0.370 e. The van der Waals surface area contributed by atoms with Crippen LogP contribution in [-0.2, 0) is 12.7 Å². The second-order valence-electron chi connectivity index (χ2n) is 5.64. The van der Waals surface area contributed by atoms with Gasteiger partial charge in [0.15, 0.2) is 0 Å². The first kappa shape index (κ1) is 16.2. The second-order valence-corrected chi connectivity index (χ2v) is 5.64. The van der Waals surface area contributed by atoms with Gasteiger partial charge >= 0.3 is 6.18 Å². The van der Waals surface area contributed by atoms with Crippen LogP contribution in [0.25, 0.3) is 5.78 Å². The van der Waals surface area contributed by atoms with Crippen LogP contribution in [0.15, 0.2) is 24.5 Å². The molecule has 3 heterocycles. The summed E-state index contributed by atoms with van der Waals surface area (Å²) in [5.41, 5.74) is 0.561. The highest BCUT2D eigenvalue weighted by molar-refractivity contribution is 5.45. The molecule has 24 heavy (non-hydrogen) atoms. The maximum absolute atomic E-state index is 12.8. The van der Waals surface area contributed by atoms with E-state index in [9.17, 15) is 13.2 Å². The van der Waals surface area contributed by atoms with Crippen LogP contribution in [0.2, 0.25) is 0 Å². The lowest BCUT2D eigenvalue weighted by molar-refractivity contribution is -0.144. The van der Waals surface area contributed by atoms with Crippen molar-refractivity contribution in [1.29, 1.82) is 0 Å². The number of anilines is 1. The van der Waals surface area contributed by atoms with Gasteiger partial charge in [-0.15, -0.1) is 5.10 Å². The lowest BCUT2D eigenvalue weighted by atomic mass is 10.2. The van der Waals surface area contributed by atoms with Crippen molar-refractivity contribution in [3.8, 4) is 0 Å². The first-order chi connectivity index (χ1) is 11.3. The summed E-state index contributed by atoms with van der Waals surface area (Å²) >= 11 is 0. The number of rotatable bonds is 5. The molecule has 0 aromatic carbocycles. The highest BCUT2D eigenvalue weighted by atomic mass is 19.4. The van der Waals surface area contributed by atoms with Gasteiger partial charge < -0.3 is 5.32 Å². The lowest BCUT2D eigenvalue weighted by Crippen LogP contribution is -2.19. The van der Waals surface area contributed by atoms with Gasteiger partial charge in [0.05, 0.1) is 0 Å². The summed E-state index contributed by atoms with van der Waals surface area (Å²) < 4.78 is 41.2. The predicted molar refractivity (Wildman–Crippen MR) is 80.4 cm³/mol. The molecule has 0 bridgehead atoms. The summed E-state index contributed by atoms with van der Waals surface area (Å²) in [6.45, 7) is 4.95. The summed E-state index contributed by atoms with van der Waals surface area (Å²) in [4.78, 5) is 7.45. The van der Waals surface area contributed by atoms with Crippen LogP contribution in [0.3, 0.4) is 0 Å². The van der Waals surface area contributed by atoms with Gasteiger partial charge in [-0.2, -0.15) is 27.8 Å². The van der Waals surface area contributed by atoms with Crippen LogP contribution in [0.5, 0.6) is 0 Å². The van der Waals surface area contributed by atoms with Crippen LogP contribution in [0.4, 0.5) is 19.0 Å². The molecule has 1 atom stereocenters. The van der Waals surface area contributed by atoms with Crippen LogP contribution in [0, 0.1) is 12.8 Å². The van der Waals surface area contributed by atoms with E-state index in [4.69, 9.17) is 0 Å². The zero-order chi connectivity index (χ0) is 17.3. The highest BCUT2D eigenvalue weighted by Gasteiger charge is 2.36. The van der Waals surface area contributed by atoms with E-state index in [1.54, 1.807) is 23.9 Å². The Hall–Kier alpha value is -2.65. The van der Waals surface area contributed by atoms with Crippen LogP contribution < -0.4 is 5.32 Å². The largest absolute Gasteiger partial charge is 0.453 e. The second kappa shape index (κ2) is 6.10. The van der Waals surface area contributed by atoms with Gasteiger partial charge in [-0.25, -0.2) is 4.98 Å². The number of hydrogen-bond acceptors (Lipinski definition) is 5. The van der Waals surface area contributed by atoms with Gasteiger partial charge in [0.1, 0.15) is 5.82 Å². The predicted octanol–water partition coefficient (Wildman–Crippen LogP) is 2.40. The zero-order valence-corrected chi connectivity index (χ0v) is 13.1. The Bertz CT molecular complexity index is 823. The topological polar surface area (TPSA) is 72.9 Å². The van der Waals surface area contributed by atoms with Crippen molar-refractivity contribution in [2.24, 2.45) is 5.92 Å². The van der Waals surface area contributed by atoms with E-state index < -0.39 is 12.0 Å². The molecule has 128 valence electrons. The summed E-state index contributed by atoms with van der Waals surface area (Å²) in [5, 5.41) is 10.8. The number of alkyl halides is 3. The molecule has 3 rings (SSSR count). The van der Waals surface area contributed by atoms with E-state index in [0.717, 1.165) is 4.52 Å². The summed E-state index contributed by atoms with van der Waals surface area (Å²) in [6.07, 6.45) is -1.05. The molecule has 0 spiro atoms. The van der Waals surface area contributed by atoms with E-state index in [0.29, 0.717) is 24.6 Å². The fourth-order valence-corrected chi connectivity index (χ4v) is 2.30. The van der Waals surface area contributed by atoms with Crippen molar-refractivity contribution < 1.29 is 13.2 Å². The van der Waals surface area contributed by atoms with Gasteiger partial charge in [-0.3, -0.25) is 4.68 Å². The fourth-order valence-electron chi connectivity index (χ4n) is 2.30. The number of fused-ring (bicyclic) bond motifs is 1. The van der Waals surface area contributed by atoms with Gasteiger partial charge in [-0.05, 0) is 18.9 Å². The Morgan fingerprint density at radius 3 is 2.75 bits per heavy atom. The highest BCUT2D eigenvalue weighted by Crippen LogP contribution is 2.27. The first-order valence-electron chi connectivity index (χ1n) is 7.36. The summed E-state index contributed by atoms with van der Waals surface area (Å²) in [7, 11) is 0. The molecule has 0 aliphatic rings. The molecule has 10 heteroatoms. The molecule has 0 radical (unpaired) electrons. The maximum Gasteiger partial charge on any atom is 0.453 e. The number of aryl methyl sites for hydroxylation is 1. The third kappa shape index (κ3) is 3.47. The molecule has 0 aliphatic carbocycles. The standard InChI is InChI=1S/C14H16F3N7/c1-9(8-23-5-3-4-19-23)7-18-11-6-10(2)20-13-21-12(14(15,16)17)22-24(11)13/h3-6,9,18H,7-8H2,1-2H3/t9-/m1/s1. The van der Waals surface area contributed by atoms with Crippen LogP contribution in [-0.4, -0.2) is 35.9 Å². The Balaban J connectivity index is 1.79. The van der Waals surface area contributed by atoms with E-state index in [1.807, 2.05) is 19.2 Å². The molecule has 3 aromatic heterocycles. The Kier molecular flexibility index (Phi) is 4.12. The lowest BCUT2D eigenvalue weighted by Gasteiger charge is -2.14. The smallest absolute Gasteiger partial charge is 0.370 e. The molecule has 1 N–H and O–H groups in total. The molecule has 7 nitrogen and oxygen atoms in total. The molecule has 0 saturated carbocycles. The summed E-state index contributed by atoms with van der Waals surface area (Å²) in [6, 6.07) is 3.48. The number of hydrogen-bond donors (Lipinski definition) is 1. The van der Waals surface area contributed by atoms with Crippen molar-refractivity contribution in [3.63, 3.8) is 0 Å². The van der Waals surface area contributed by atoms with Crippen LogP contribution in [0.1, 0.15) is 18.4 Å². The van der Waals surface area contributed by atoms with Gasteiger partial charge in [-0.1, -0.05) is 6.92 Å². The average molecular weight is 339 g/mol. The molecular formula is C14H16F3N7. The van der Waals surface area contributed by atoms with E-state index in [2.05, 4.69) is 25.5 Å². The number of nitrogens with one attached hydrogen (secondary N) is 1. The van der Waals surface area contributed by atoms with Crippen molar-refractivity contribution in [3.05, 3.63) is 36.0 Å². The number of nitrogens with zero attached hydrogens (tertiary/aromatic N) is 6. The summed E-state index contributed by atoms with van der Waals surface area (Å²) in [5.74, 6) is -0.648. The molecule has 0 amide bonds. The monoisotopic (exact) mass is 339 g/mol. The minimum atomic E-state index is -4.60. The van der Waals surface area contributed by atoms with Crippen molar-refractivity contribution in [2.75, 3.05) is 11.9 Å². The molecule has 3 aromatic rings. The Morgan fingerprint density at radius 2 is 2.08 bits per heavy atom. The maximum atomic E-state index is 12.8. The van der Waals surface area contributed by atoms with Crippen molar-refractivity contribution in [2.45, 2.75) is 26.6 Å². The Labute approximate surface area is 135 Å². The zero-order valence-electron chi connectivity index (χ0n) is 13.1. The fraction of sp³-hybridized carbons (Fsp3) is 0.429. The molecule has 0 saturated heterocycles. The SMILES string of the molecule is Cc1cc(NC[C@@H](C)Cn2cccn2)n2nc(C(F)(F)F)nc2n1. The third-order valence-corrected chi connectivity index (χ3v) is 3.38. The third-order valence-electron chi connectivity index (χ3n) is 3.38. The molecular weight excluding hydrogens is 323 g/mol. The van der Waals surface area contributed by atoms with Crippen molar-refractivity contribution >= 4 is 11.6 Å². The molecule has 0 aliphatic heterocycles. The van der Waals surface area contributed by atoms with E-state index in [1.165, 1.54) is 0 Å². The van der Waals surface area contributed by atoms with E-state index in [-0.39, 0.29) is 11.7 Å². The van der Waals surface area contributed by atoms with Crippen molar-refractivity contribution in [1.82, 2.24) is 29.4 Å². The molecule has 0 unspecified atom stereocenters. The quantitative estimate of drug-likeness (QED) is 0.773. The minimum absolute atomic E-state index is 0.0791. The van der Waals surface area contributed by atoms with E-state index >= 15 is 0 Å². The van der Waals surface area contributed by atoms with Gasteiger partial charge in [0, 0.05) is 37.2 Å². The number of halogens is 3.